The molecule has 0 aliphatic carbocycles. The first-order valence-corrected chi connectivity index (χ1v) is 4.04. The Balaban J connectivity index is 2.60. The Labute approximate surface area is 74.9 Å². The first kappa shape index (κ1) is 8.22. The lowest BCUT2D eigenvalue weighted by Crippen LogP contribution is -2.11. The van der Waals surface area contributed by atoms with E-state index in [1.54, 1.807) is 12.3 Å². The van der Waals surface area contributed by atoms with Crippen molar-refractivity contribution in [1.29, 1.82) is 0 Å². The fraction of sp³-hybridized carbons (Fsp3) is 0.222. The molecular formula is C9H10N2O2. The zero-order valence-electron chi connectivity index (χ0n) is 6.97. The number of nitrogens with two attached hydrogens (primary N) is 1. The first-order valence-electron chi connectivity index (χ1n) is 4.04. The maximum Gasteiger partial charge on any atom is 0.167 e. The largest absolute Gasteiger partial charge is 0.387 e. The summed E-state index contributed by atoms with van der Waals surface area (Å²) in [6.45, 7) is 0.199. The molecule has 0 radical (unpaired) electrons. The standard InChI is InChI=1S/C9H10N2O2/c10-4-8(12)6-2-1-3-9-7(6)5-11-13-9/h1-3,5,8,12H,4,10H2. The smallest absolute Gasteiger partial charge is 0.167 e. The van der Waals surface area contributed by atoms with Gasteiger partial charge in [-0.1, -0.05) is 17.3 Å². The normalized spacial score (nSPS) is 13.4. The summed E-state index contributed by atoms with van der Waals surface area (Å²) in [5.74, 6) is 0. The number of hydrogen-bond acceptors (Lipinski definition) is 4. The highest BCUT2D eigenvalue weighted by molar-refractivity contribution is 5.80. The Bertz CT molecular complexity index is 411. The fourth-order valence-electron chi connectivity index (χ4n) is 1.33. The van der Waals surface area contributed by atoms with Crippen LogP contribution in [0.5, 0.6) is 0 Å². The molecule has 0 saturated carbocycles. The van der Waals surface area contributed by atoms with E-state index >= 15 is 0 Å². The maximum atomic E-state index is 9.55. The molecular weight excluding hydrogens is 168 g/mol. The zero-order valence-corrected chi connectivity index (χ0v) is 6.97. The molecule has 1 heterocycles. The second-order valence-corrected chi connectivity index (χ2v) is 2.84. The van der Waals surface area contributed by atoms with Gasteiger partial charge in [0.25, 0.3) is 0 Å². The number of benzene rings is 1. The molecule has 0 fully saturated rings. The molecule has 4 nitrogen and oxygen atoms in total. The van der Waals surface area contributed by atoms with Crippen molar-refractivity contribution in [3.05, 3.63) is 30.0 Å². The van der Waals surface area contributed by atoms with E-state index in [1.807, 2.05) is 12.1 Å². The van der Waals surface area contributed by atoms with Crippen molar-refractivity contribution in [3.63, 3.8) is 0 Å². The lowest BCUT2D eigenvalue weighted by atomic mass is 10.1. The average Bonchev–Trinajstić information content (AvgIpc) is 2.63. The van der Waals surface area contributed by atoms with Crippen LogP contribution in [-0.4, -0.2) is 16.8 Å². The van der Waals surface area contributed by atoms with Gasteiger partial charge in [-0.2, -0.15) is 0 Å². The second kappa shape index (κ2) is 3.16. The average molecular weight is 178 g/mol. The Kier molecular flexibility index (Phi) is 2.00. The van der Waals surface area contributed by atoms with Gasteiger partial charge in [-0.25, -0.2) is 0 Å². The van der Waals surface area contributed by atoms with Crippen LogP contribution in [0.4, 0.5) is 0 Å². The molecule has 1 aromatic heterocycles. The van der Waals surface area contributed by atoms with Gasteiger partial charge in [-0.15, -0.1) is 0 Å². The fourth-order valence-corrected chi connectivity index (χ4v) is 1.33. The molecule has 13 heavy (non-hydrogen) atoms. The monoisotopic (exact) mass is 178 g/mol. The molecule has 0 bridgehead atoms. The van der Waals surface area contributed by atoms with Crippen molar-refractivity contribution >= 4 is 11.0 Å². The van der Waals surface area contributed by atoms with Gasteiger partial charge in [0.05, 0.1) is 12.3 Å². The molecule has 2 aromatic rings. The third-order valence-corrected chi connectivity index (χ3v) is 2.01. The summed E-state index contributed by atoms with van der Waals surface area (Å²) < 4.78 is 4.95. The Morgan fingerprint density at radius 3 is 3.15 bits per heavy atom. The van der Waals surface area contributed by atoms with Crippen molar-refractivity contribution < 1.29 is 9.63 Å². The van der Waals surface area contributed by atoms with Crippen molar-refractivity contribution in [2.45, 2.75) is 6.10 Å². The Morgan fingerprint density at radius 1 is 1.54 bits per heavy atom. The van der Waals surface area contributed by atoms with E-state index < -0.39 is 6.10 Å². The quantitative estimate of drug-likeness (QED) is 0.714. The van der Waals surface area contributed by atoms with Gasteiger partial charge in [0.1, 0.15) is 0 Å². The number of fused-ring (bicyclic) bond motifs is 1. The highest BCUT2D eigenvalue weighted by atomic mass is 16.5. The van der Waals surface area contributed by atoms with Gasteiger partial charge in [0, 0.05) is 11.9 Å². The zero-order chi connectivity index (χ0) is 9.26. The summed E-state index contributed by atoms with van der Waals surface area (Å²) in [7, 11) is 0. The highest BCUT2D eigenvalue weighted by Gasteiger charge is 2.10. The number of nitrogens with zero attached hydrogens (tertiary/aromatic N) is 1. The molecule has 0 amide bonds. The molecule has 1 atom stereocenters. The number of rotatable bonds is 2. The summed E-state index contributed by atoms with van der Waals surface area (Å²) in [5, 5.41) is 14.0. The first-order chi connectivity index (χ1) is 6.33. The van der Waals surface area contributed by atoms with Crippen LogP contribution >= 0.6 is 0 Å². The van der Waals surface area contributed by atoms with E-state index in [0.717, 1.165) is 10.9 Å². The van der Waals surface area contributed by atoms with Crippen LogP contribution in [0.15, 0.2) is 28.9 Å². The van der Waals surface area contributed by atoms with E-state index in [1.165, 1.54) is 0 Å². The highest BCUT2D eigenvalue weighted by Crippen LogP contribution is 2.23. The number of aromatic nitrogens is 1. The molecule has 0 saturated heterocycles. The van der Waals surface area contributed by atoms with E-state index in [2.05, 4.69) is 5.16 Å². The SMILES string of the molecule is NCC(O)c1cccc2oncc12. The Hall–Kier alpha value is -1.39. The van der Waals surface area contributed by atoms with Gasteiger partial charge < -0.3 is 15.4 Å². The van der Waals surface area contributed by atoms with Gasteiger partial charge in [0.15, 0.2) is 5.58 Å². The lowest BCUT2D eigenvalue weighted by Gasteiger charge is -2.07. The maximum absolute atomic E-state index is 9.55. The lowest BCUT2D eigenvalue weighted by molar-refractivity contribution is 0.188. The van der Waals surface area contributed by atoms with E-state index in [0.29, 0.717) is 5.58 Å². The van der Waals surface area contributed by atoms with Crippen molar-refractivity contribution in [2.24, 2.45) is 5.73 Å². The third-order valence-electron chi connectivity index (χ3n) is 2.01. The number of hydrogen-bond donors (Lipinski definition) is 2. The van der Waals surface area contributed by atoms with Crippen LogP contribution in [0, 0.1) is 0 Å². The van der Waals surface area contributed by atoms with Gasteiger partial charge in [-0.05, 0) is 11.6 Å². The van der Waals surface area contributed by atoms with Gasteiger partial charge in [-0.3, -0.25) is 0 Å². The van der Waals surface area contributed by atoms with Crippen molar-refractivity contribution in [1.82, 2.24) is 5.16 Å². The predicted molar refractivity (Wildman–Crippen MR) is 48.0 cm³/mol. The van der Waals surface area contributed by atoms with Gasteiger partial charge >= 0.3 is 0 Å². The Morgan fingerprint density at radius 2 is 2.38 bits per heavy atom. The van der Waals surface area contributed by atoms with Crippen LogP contribution in [-0.2, 0) is 0 Å². The number of aliphatic hydroxyl groups excluding tert-OH is 1. The van der Waals surface area contributed by atoms with Crippen LogP contribution in [0.3, 0.4) is 0 Å². The summed E-state index contributed by atoms with van der Waals surface area (Å²) in [6, 6.07) is 5.42. The summed E-state index contributed by atoms with van der Waals surface area (Å²) >= 11 is 0. The van der Waals surface area contributed by atoms with Crippen molar-refractivity contribution in [3.8, 4) is 0 Å². The molecule has 0 aliphatic heterocycles. The van der Waals surface area contributed by atoms with E-state index in [4.69, 9.17) is 10.3 Å². The molecule has 1 unspecified atom stereocenters. The summed E-state index contributed by atoms with van der Waals surface area (Å²) in [4.78, 5) is 0. The molecule has 1 aromatic carbocycles. The second-order valence-electron chi connectivity index (χ2n) is 2.84. The molecule has 0 aliphatic rings. The van der Waals surface area contributed by atoms with Crippen LogP contribution in [0.25, 0.3) is 11.0 Å². The number of aliphatic hydroxyl groups is 1. The van der Waals surface area contributed by atoms with Crippen LogP contribution in [0.2, 0.25) is 0 Å². The minimum atomic E-state index is -0.650. The molecule has 3 N–H and O–H groups in total. The minimum absolute atomic E-state index is 0.199. The molecule has 68 valence electrons. The van der Waals surface area contributed by atoms with E-state index in [9.17, 15) is 5.11 Å². The minimum Gasteiger partial charge on any atom is -0.387 e. The van der Waals surface area contributed by atoms with Crippen molar-refractivity contribution in [2.75, 3.05) is 6.54 Å². The molecule has 0 spiro atoms. The topological polar surface area (TPSA) is 72.3 Å². The molecule has 4 heteroatoms. The van der Waals surface area contributed by atoms with Gasteiger partial charge in [0.2, 0.25) is 0 Å². The van der Waals surface area contributed by atoms with Crippen LogP contribution in [0.1, 0.15) is 11.7 Å². The predicted octanol–water partition coefficient (Wildman–Crippen LogP) is 0.820. The van der Waals surface area contributed by atoms with Crippen LogP contribution < -0.4 is 5.73 Å². The third kappa shape index (κ3) is 1.30. The van der Waals surface area contributed by atoms with E-state index in [-0.39, 0.29) is 6.54 Å². The summed E-state index contributed by atoms with van der Waals surface area (Å²) in [5.41, 5.74) is 6.80. The summed E-state index contributed by atoms with van der Waals surface area (Å²) in [6.07, 6.45) is 0.937. The molecule has 2 rings (SSSR count).